The zero-order chi connectivity index (χ0) is 19.7. The predicted octanol–water partition coefficient (Wildman–Crippen LogP) is 6.36. The van der Waals surface area contributed by atoms with Gasteiger partial charge in [-0.2, -0.15) is 4.80 Å². The maximum Gasteiger partial charge on any atom is 0.115 e. The largest absolute Gasteiger partial charge is 0.150 e. The highest BCUT2D eigenvalue weighted by atomic mass is 15.5. The highest BCUT2D eigenvalue weighted by Crippen LogP contribution is 2.37. The van der Waals surface area contributed by atoms with Crippen LogP contribution in [0.1, 0.15) is 77.4 Å². The maximum atomic E-state index is 4.71. The Morgan fingerprint density at radius 1 is 1.15 bits per heavy atom. The smallest absolute Gasteiger partial charge is 0.115 e. The molecule has 0 saturated carbocycles. The molecular weight excluding hydrogens is 318 g/mol. The van der Waals surface area contributed by atoms with Crippen molar-refractivity contribution in [3.8, 4) is 5.69 Å². The third kappa shape index (κ3) is 4.51. The van der Waals surface area contributed by atoms with E-state index in [2.05, 4.69) is 66.3 Å². The van der Waals surface area contributed by atoms with E-state index in [1.54, 1.807) is 4.80 Å². The lowest BCUT2D eigenvalue weighted by Gasteiger charge is -2.33. The van der Waals surface area contributed by atoms with Crippen molar-refractivity contribution in [2.24, 2.45) is 5.41 Å². The molecule has 0 amide bonds. The second kappa shape index (κ2) is 7.22. The first-order chi connectivity index (χ1) is 11.9. The van der Waals surface area contributed by atoms with Crippen LogP contribution in [-0.2, 0) is 5.41 Å². The quantitative estimate of drug-likeness (QED) is 0.628. The minimum atomic E-state index is 0.0805. The molecule has 0 bridgehead atoms. The zero-order valence-electron chi connectivity index (χ0n) is 17.6. The lowest BCUT2D eigenvalue weighted by Crippen LogP contribution is -2.25. The molecule has 1 heterocycles. The third-order valence-electron chi connectivity index (χ3n) is 4.55. The summed E-state index contributed by atoms with van der Waals surface area (Å²) in [5, 5.41) is 9.42. The Morgan fingerprint density at radius 3 is 2.35 bits per heavy atom. The van der Waals surface area contributed by atoms with Crippen LogP contribution in [0.4, 0.5) is 0 Å². The van der Waals surface area contributed by atoms with E-state index in [9.17, 15) is 0 Å². The summed E-state index contributed by atoms with van der Waals surface area (Å²) < 4.78 is 0. The first-order valence-electron chi connectivity index (χ1n) is 9.32. The van der Waals surface area contributed by atoms with Gasteiger partial charge in [-0.25, -0.2) is 0 Å². The number of benzene rings is 1. The molecule has 3 nitrogen and oxygen atoms in total. The fraction of sp³-hybridized carbons (Fsp3) is 0.478. The molecular formula is C23H33N3. The number of aryl methyl sites for hydroxylation is 1. The molecule has 0 N–H and O–H groups in total. The van der Waals surface area contributed by atoms with Gasteiger partial charge in [0, 0.05) is 0 Å². The second-order valence-corrected chi connectivity index (χ2v) is 9.13. The lowest BCUT2D eigenvalue weighted by atomic mass is 9.72. The number of aromatic nitrogens is 3. The van der Waals surface area contributed by atoms with E-state index in [0.29, 0.717) is 0 Å². The molecule has 0 aliphatic heterocycles. The molecule has 140 valence electrons. The minimum Gasteiger partial charge on any atom is -0.150 e. The van der Waals surface area contributed by atoms with Gasteiger partial charge in [0.1, 0.15) is 11.4 Å². The van der Waals surface area contributed by atoms with E-state index < -0.39 is 0 Å². The van der Waals surface area contributed by atoms with Crippen LogP contribution in [0.15, 0.2) is 30.9 Å². The topological polar surface area (TPSA) is 30.7 Å². The van der Waals surface area contributed by atoms with Gasteiger partial charge in [0.25, 0.3) is 0 Å². The highest BCUT2D eigenvalue weighted by molar-refractivity contribution is 5.66. The van der Waals surface area contributed by atoms with Crippen molar-refractivity contribution in [1.29, 1.82) is 0 Å². The molecule has 2 aromatic rings. The first kappa shape index (κ1) is 20.2. The van der Waals surface area contributed by atoms with E-state index in [0.717, 1.165) is 34.6 Å². The molecule has 3 heteroatoms. The van der Waals surface area contributed by atoms with Crippen LogP contribution in [0.5, 0.6) is 0 Å². The molecule has 0 spiro atoms. The molecule has 1 aromatic heterocycles. The van der Waals surface area contributed by atoms with Gasteiger partial charge >= 0.3 is 0 Å². The third-order valence-corrected chi connectivity index (χ3v) is 4.55. The molecule has 0 aliphatic rings. The Morgan fingerprint density at radius 2 is 1.81 bits per heavy atom. The zero-order valence-corrected chi connectivity index (χ0v) is 17.6. The van der Waals surface area contributed by atoms with Gasteiger partial charge in [-0.15, -0.1) is 10.2 Å². The monoisotopic (exact) mass is 351 g/mol. The van der Waals surface area contributed by atoms with Crippen molar-refractivity contribution in [2.45, 2.75) is 67.2 Å². The Balaban J connectivity index is 2.55. The summed E-state index contributed by atoms with van der Waals surface area (Å²) in [5.74, 6) is 0. The summed E-state index contributed by atoms with van der Waals surface area (Å²) in [6.45, 7) is 21.6. The van der Waals surface area contributed by atoms with Gasteiger partial charge in [-0.3, -0.25) is 0 Å². The summed E-state index contributed by atoms with van der Waals surface area (Å²) in [5.41, 5.74) is 6.49. The average molecular weight is 352 g/mol. The first-order valence-corrected chi connectivity index (χ1v) is 9.32. The van der Waals surface area contributed by atoms with E-state index in [-0.39, 0.29) is 10.8 Å². The van der Waals surface area contributed by atoms with Crippen molar-refractivity contribution < 1.29 is 0 Å². The predicted molar refractivity (Wildman–Crippen MR) is 113 cm³/mol. The number of hydrogen-bond acceptors (Lipinski definition) is 2. The van der Waals surface area contributed by atoms with Crippen LogP contribution >= 0.6 is 0 Å². The van der Waals surface area contributed by atoms with Crippen LogP contribution < -0.4 is 0 Å². The van der Waals surface area contributed by atoms with E-state index >= 15 is 0 Å². The summed E-state index contributed by atoms with van der Waals surface area (Å²) in [4.78, 5) is 1.76. The standard InChI is InChI=1S/C23H33N3/c1-10-11-19-21(16(2)3)25-26(24-19)20-14-18(13-12-17(20)4)23(8,9)15-22(5,6)7/h10-14H,2,15H2,1,3-9H3. The van der Waals surface area contributed by atoms with Crippen molar-refractivity contribution in [3.63, 3.8) is 0 Å². The Bertz CT molecular complexity index is 830. The number of nitrogens with zero attached hydrogens (tertiary/aromatic N) is 3. The number of hydrogen-bond donors (Lipinski definition) is 0. The molecule has 26 heavy (non-hydrogen) atoms. The Labute approximate surface area is 158 Å². The van der Waals surface area contributed by atoms with E-state index in [4.69, 9.17) is 10.2 Å². The molecule has 2 rings (SSSR count). The molecule has 1 aromatic carbocycles. The van der Waals surface area contributed by atoms with Crippen LogP contribution in [0, 0.1) is 12.3 Å². The molecule has 0 radical (unpaired) electrons. The van der Waals surface area contributed by atoms with Gasteiger partial charge in [0.05, 0.1) is 5.69 Å². The van der Waals surface area contributed by atoms with Crippen LogP contribution in [0.25, 0.3) is 17.3 Å². The van der Waals surface area contributed by atoms with Crippen molar-refractivity contribution in [2.75, 3.05) is 0 Å². The summed E-state index contributed by atoms with van der Waals surface area (Å²) in [6, 6.07) is 6.65. The van der Waals surface area contributed by atoms with Gasteiger partial charge in [-0.05, 0) is 66.9 Å². The molecule has 0 fully saturated rings. The van der Waals surface area contributed by atoms with Gasteiger partial charge in [-0.1, -0.05) is 59.4 Å². The summed E-state index contributed by atoms with van der Waals surface area (Å²) >= 11 is 0. The fourth-order valence-electron chi connectivity index (χ4n) is 3.67. The highest BCUT2D eigenvalue weighted by Gasteiger charge is 2.28. The van der Waals surface area contributed by atoms with Crippen molar-refractivity contribution >= 4 is 11.6 Å². The van der Waals surface area contributed by atoms with Gasteiger partial charge in [0.2, 0.25) is 0 Å². The maximum absolute atomic E-state index is 4.71. The van der Waals surface area contributed by atoms with Crippen LogP contribution in [-0.4, -0.2) is 15.0 Å². The minimum absolute atomic E-state index is 0.0805. The molecule has 0 unspecified atom stereocenters. The van der Waals surface area contributed by atoms with Crippen LogP contribution in [0.2, 0.25) is 0 Å². The SMILES string of the molecule is C=C(C)c1nn(-c2cc(C(C)(C)CC(C)(C)C)ccc2C)nc1C=CC. The number of rotatable bonds is 5. The summed E-state index contributed by atoms with van der Waals surface area (Å²) in [6.07, 6.45) is 5.07. The Kier molecular flexibility index (Phi) is 5.60. The van der Waals surface area contributed by atoms with E-state index in [1.165, 1.54) is 5.56 Å². The molecule has 0 atom stereocenters. The normalized spacial score (nSPS) is 12.8. The molecule has 0 saturated heterocycles. The van der Waals surface area contributed by atoms with Crippen molar-refractivity contribution in [1.82, 2.24) is 15.0 Å². The van der Waals surface area contributed by atoms with Gasteiger partial charge < -0.3 is 0 Å². The summed E-state index contributed by atoms with van der Waals surface area (Å²) in [7, 11) is 0. The lowest BCUT2D eigenvalue weighted by molar-refractivity contribution is 0.284. The Hall–Kier alpha value is -2.16. The average Bonchev–Trinajstić information content (AvgIpc) is 2.89. The second-order valence-electron chi connectivity index (χ2n) is 9.13. The van der Waals surface area contributed by atoms with E-state index in [1.807, 2.05) is 26.0 Å². The van der Waals surface area contributed by atoms with Gasteiger partial charge in [0.15, 0.2) is 0 Å². The fourth-order valence-corrected chi connectivity index (χ4v) is 3.67. The van der Waals surface area contributed by atoms with Crippen LogP contribution in [0.3, 0.4) is 0 Å². The van der Waals surface area contributed by atoms with Crippen molar-refractivity contribution in [3.05, 3.63) is 53.4 Å². The number of allylic oxidation sites excluding steroid dienone is 2. The molecule has 0 aliphatic carbocycles.